The number of benzene rings is 2. The Hall–Kier alpha value is -2.34. The third-order valence-electron chi connectivity index (χ3n) is 3.19. The van der Waals surface area contributed by atoms with Crippen molar-refractivity contribution < 1.29 is 9.59 Å². The van der Waals surface area contributed by atoms with Crippen molar-refractivity contribution in [3.8, 4) is 0 Å². The Morgan fingerprint density at radius 1 is 1.24 bits per heavy atom. The average molecular weight is 299 g/mol. The summed E-state index contributed by atoms with van der Waals surface area (Å²) in [6.07, 6.45) is 0.0664. The highest BCUT2D eigenvalue weighted by atomic mass is 32.2. The van der Waals surface area contributed by atoms with Crippen LogP contribution in [0.5, 0.6) is 0 Å². The maximum atomic E-state index is 12.1. The first kappa shape index (κ1) is 13.6. The van der Waals surface area contributed by atoms with Crippen LogP contribution in [0, 0.1) is 0 Å². The predicted octanol–water partition coefficient (Wildman–Crippen LogP) is 2.13. The van der Waals surface area contributed by atoms with Crippen molar-refractivity contribution in [2.75, 3.05) is 5.32 Å². The topological polar surface area (TPSA) is 84.5 Å². The highest BCUT2D eigenvalue weighted by Gasteiger charge is 2.29. The second kappa shape index (κ2) is 5.57. The van der Waals surface area contributed by atoms with Gasteiger partial charge in [-0.25, -0.2) is 0 Å². The van der Waals surface area contributed by atoms with Gasteiger partial charge in [0, 0.05) is 17.5 Å². The second-order valence-corrected chi connectivity index (χ2v) is 5.90. The molecule has 21 heavy (non-hydrogen) atoms. The van der Waals surface area contributed by atoms with Gasteiger partial charge >= 0.3 is 0 Å². The van der Waals surface area contributed by atoms with Gasteiger partial charge in [0.15, 0.2) is 5.17 Å². The zero-order chi connectivity index (χ0) is 14.8. The van der Waals surface area contributed by atoms with Crippen LogP contribution in [-0.2, 0) is 9.59 Å². The Morgan fingerprint density at radius 2 is 2.00 bits per heavy atom. The number of carbonyl (C=O) groups is 2. The lowest BCUT2D eigenvalue weighted by Gasteiger charge is -2.10. The third-order valence-corrected chi connectivity index (χ3v) is 4.18. The van der Waals surface area contributed by atoms with Crippen LogP contribution in [0.1, 0.15) is 6.42 Å². The molecule has 0 radical (unpaired) electrons. The summed E-state index contributed by atoms with van der Waals surface area (Å²) in [4.78, 5) is 27.2. The molecule has 0 saturated heterocycles. The van der Waals surface area contributed by atoms with Crippen molar-refractivity contribution >= 4 is 45.2 Å². The van der Waals surface area contributed by atoms with Crippen LogP contribution in [-0.4, -0.2) is 22.2 Å². The maximum Gasteiger partial charge on any atom is 0.262 e. The van der Waals surface area contributed by atoms with Crippen LogP contribution < -0.4 is 11.1 Å². The van der Waals surface area contributed by atoms with Gasteiger partial charge in [-0.3, -0.25) is 9.59 Å². The van der Waals surface area contributed by atoms with E-state index in [4.69, 9.17) is 5.73 Å². The monoisotopic (exact) mass is 299 g/mol. The molecule has 2 aromatic carbocycles. The summed E-state index contributed by atoms with van der Waals surface area (Å²) in [5.41, 5.74) is 6.22. The number of amidine groups is 1. The van der Waals surface area contributed by atoms with Gasteiger partial charge in [0.1, 0.15) is 5.25 Å². The fraction of sp³-hybridized carbons (Fsp3) is 0.133. The van der Waals surface area contributed by atoms with Crippen molar-refractivity contribution in [3.63, 3.8) is 0 Å². The number of rotatable bonds is 3. The van der Waals surface area contributed by atoms with Crippen LogP contribution in [0.15, 0.2) is 47.5 Å². The van der Waals surface area contributed by atoms with E-state index in [1.807, 2.05) is 42.5 Å². The number of thioether (sulfide) groups is 1. The summed E-state index contributed by atoms with van der Waals surface area (Å²) in [6, 6.07) is 13.5. The van der Waals surface area contributed by atoms with E-state index in [0.717, 1.165) is 28.2 Å². The number of nitrogens with one attached hydrogen (secondary N) is 1. The van der Waals surface area contributed by atoms with Crippen LogP contribution in [0.25, 0.3) is 10.8 Å². The number of aliphatic imine (C=N–C) groups is 1. The summed E-state index contributed by atoms with van der Waals surface area (Å²) in [6.45, 7) is 0. The largest absolute Gasteiger partial charge is 0.378 e. The molecule has 1 atom stereocenters. The molecule has 3 N–H and O–H groups in total. The molecule has 0 unspecified atom stereocenters. The Balaban J connectivity index is 1.74. The van der Waals surface area contributed by atoms with E-state index in [1.54, 1.807) is 0 Å². The highest BCUT2D eigenvalue weighted by Crippen LogP contribution is 2.25. The Labute approximate surface area is 125 Å². The number of anilines is 1. The van der Waals surface area contributed by atoms with E-state index < -0.39 is 5.25 Å². The summed E-state index contributed by atoms with van der Waals surface area (Å²) in [5, 5.41) is 4.58. The second-order valence-electron chi connectivity index (χ2n) is 4.67. The van der Waals surface area contributed by atoms with Crippen molar-refractivity contribution in [1.29, 1.82) is 0 Å². The molecule has 0 bridgehead atoms. The van der Waals surface area contributed by atoms with Crippen LogP contribution in [0.4, 0.5) is 5.69 Å². The lowest BCUT2D eigenvalue weighted by atomic mass is 10.1. The van der Waals surface area contributed by atoms with Crippen molar-refractivity contribution in [2.45, 2.75) is 11.7 Å². The maximum absolute atomic E-state index is 12.1. The standard InChI is InChI=1S/C15H13N3O2S/c16-15-18-14(20)12(21-15)8-13(19)17-11-7-3-5-9-4-1-2-6-10(9)11/h1-7,12H,8H2,(H,17,19)(H2,16,18,20)/t12-/m0/s1. The van der Waals surface area contributed by atoms with E-state index >= 15 is 0 Å². The van der Waals surface area contributed by atoms with E-state index in [-0.39, 0.29) is 23.4 Å². The van der Waals surface area contributed by atoms with E-state index in [0.29, 0.717) is 0 Å². The minimum Gasteiger partial charge on any atom is -0.378 e. The zero-order valence-corrected chi connectivity index (χ0v) is 11.9. The normalized spacial score (nSPS) is 17.8. The quantitative estimate of drug-likeness (QED) is 0.909. The van der Waals surface area contributed by atoms with Gasteiger partial charge in [-0.2, -0.15) is 4.99 Å². The molecular weight excluding hydrogens is 286 g/mol. The average Bonchev–Trinajstić information content (AvgIpc) is 2.77. The summed E-state index contributed by atoms with van der Waals surface area (Å²) >= 11 is 1.13. The molecule has 0 aromatic heterocycles. The van der Waals surface area contributed by atoms with Gasteiger partial charge in [-0.15, -0.1) is 0 Å². The fourth-order valence-corrected chi connectivity index (χ4v) is 3.06. The molecule has 1 aliphatic rings. The number of amides is 2. The van der Waals surface area contributed by atoms with E-state index in [2.05, 4.69) is 10.3 Å². The minimum atomic E-state index is -0.514. The SMILES string of the molecule is NC1=NC(=O)[C@H](CC(=O)Nc2cccc3ccccc23)S1. The van der Waals surface area contributed by atoms with E-state index in [1.165, 1.54) is 0 Å². The molecule has 1 aliphatic heterocycles. The van der Waals surface area contributed by atoms with Crippen molar-refractivity contribution in [1.82, 2.24) is 0 Å². The molecular formula is C15H13N3O2S. The molecule has 106 valence electrons. The molecule has 6 heteroatoms. The van der Waals surface area contributed by atoms with Crippen LogP contribution in [0.3, 0.4) is 0 Å². The predicted molar refractivity (Wildman–Crippen MR) is 85.2 cm³/mol. The molecule has 1 heterocycles. The van der Waals surface area contributed by atoms with Crippen molar-refractivity contribution in [2.24, 2.45) is 10.7 Å². The van der Waals surface area contributed by atoms with E-state index in [9.17, 15) is 9.59 Å². The molecule has 0 fully saturated rings. The Bertz CT molecular complexity index is 752. The van der Waals surface area contributed by atoms with Crippen LogP contribution >= 0.6 is 11.8 Å². The molecule has 5 nitrogen and oxygen atoms in total. The zero-order valence-electron chi connectivity index (χ0n) is 11.1. The Kier molecular flexibility index (Phi) is 3.62. The fourth-order valence-electron chi connectivity index (χ4n) is 2.24. The number of hydrogen-bond acceptors (Lipinski definition) is 4. The lowest BCUT2D eigenvalue weighted by molar-refractivity contribution is -0.121. The minimum absolute atomic E-state index is 0.0664. The van der Waals surface area contributed by atoms with Gasteiger partial charge in [0.05, 0.1) is 0 Å². The smallest absolute Gasteiger partial charge is 0.262 e. The Morgan fingerprint density at radius 3 is 2.76 bits per heavy atom. The third kappa shape index (κ3) is 2.90. The number of nitrogens with zero attached hydrogens (tertiary/aromatic N) is 1. The summed E-state index contributed by atoms with van der Waals surface area (Å²) in [5.74, 6) is -0.562. The van der Waals surface area contributed by atoms with Gasteiger partial charge in [-0.1, -0.05) is 48.2 Å². The summed E-state index contributed by atoms with van der Waals surface area (Å²) in [7, 11) is 0. The van der Waals surface area contributed by atoms with Gasteiger partial charge < -0.3 is 11.1 Å². The molecule has 0 saturated carbocycles. The van der Waals surface area contributed by atoms with Gasteiger partial charge in [-0.05, 0) is 11.5 Å². The number of hydrogen-bond donors (Lipinski definition) is 2. The first-order valence-corrected chi connectivity index (χ1v) is 7.34. The van der Waals surface area contributed by atoms with Gasteiger partial charge in [0.2, 0.25) is 5.91 Å². The molecule has 0 spiro atoms. The number of carbonyl (C=O) groups excluding carboxylic acids is 2. The first-order chi connectivity index (χ1) is 10.1. The first-order valence-electron chi connectivity index (χ1n) is 6.46. The molecule has 2 aromatic rings. The highest BCUT2D eigenvalue weighted by molar-refractivity contribution is 8.15. The number of nitrogens with two attached hydrogens (primary N) is 1. The number of fused-ring (bicyclic) bond motifs is 1. The molecule has 0 aliphatic carbocycles. The molecule has 2 amide bonds. The molecule has 3 rings (SSSR count). The van der Waals surface area contributed by atoms with Crippen molar-refractivity contribution in [3.05, 3.63) is 42.5 Å². The van der Waals surface area contributed by atoms with Gasteiger partial charge in [0.25, 0.3) is 5.91 Å². The summed E-state index contributed by atoms with van der Waals surface area (Å²) < 4.78 is 0. The lowest BCUT2D eigenvalue weighted by Crippen LogP contribution is -2.21. The van der Waals surface area contributed by atoms with Crippen LogP contribution in [0.2, 0.25) is 0 Å².